The van der Waals surface area contributed by atoms with Gasteiger partial charge in [-0.1, -0.05) is 0 Å². The van der Waals surface area contributed by atoms with E-state index in [0.29, 0.717) is 18.3 Å². The summed E-state index contributed by atoms with van der Waals surface area (Å²) in [5, 5.41) is 3.99. The molecule has 3 heterocycles. The summed E-state index contributed by atoms with van der Waals surface area (Å²) in [4.78, 5) is 11.4. The van der Waals surface area contributed by atoms with Gasteiger partial charge in [-0.2, -0.15) is 27.8 Å². The van der Waals surface area contributed by atoms with Gasteiger partial charge in [-0.05, 0) is 38.9 Å². The number of piperidine rings is 1. The first-order valence-corrected chi connectivity index (χ1v) is 7.52. The predicted molar refractivity (Wildman–Crippen MR) is 79.3 cm³/mol. The van der Waals surface area contributed by atoms with E-state index in [9.17, 15) is 13.2 Å². The van der Waals surface area contributed by atoms with Crippen LogP contribution in [0.5, 0.6) is 0 Å². The molecule has 0 amide bonds. The molecule has 0 saturated carbocycles. The van der Waals surface area contributed by atoms with Gasteiger partial charge in [0, 0.05) is 19.7 Å². The second kappa shape index (κ2) is 5.95. The number of anilines is 1. The first kappa shape index (κ1) is 16.0. The minimum Gasteiger partial charge on any atom is -0.359 e. The molecule has 0 N–H and O–H groups in total. The van der Waals surface area contributed by atoms with Crippen molar-refractivity contribution in [3.8, 4) is 0 Å². The third-order valence-electron chi connectivity index (χ3n) is 4.28. The number of fused-ring (bicyclic) bond motifs is 1. The molecule has 2 aromatic heterocycles. The normalized spacial score (nSPS) is 17.8. The smallest absolute Gasteiger partial charge is 0.359 e. The maximum absolute atomic E-state index is 13.0. The lowest BCUT2D eigenvalue weighted by molar-refractivity contribution is -0.141. The molecule has 6 nitrogen and oxygen atoms in total. The fourth-order valence-corrected chi connectivity index (χ4v) is 2.94. The Kier molecular flexibility index (Phi) is 4.13. The highest BCUT2D eigenvalue weighted by molar-refractivity contribution is 5.47. The summed E-state index contributed by atoms with van der Waals surface area (Å²) in [5.41, 5.74) is -0.941. The minimum atomic E-state index is -4.50. The van der Waals surface area contributed by atoms with Gasteiger partial charge in [0.15, 0.2) is 5.69 Å². The lowest BCUT2D eigenvalue weighted by atomic mass is 9.97. The Morgan fingerprint density at radius 1 is 1.30 bits per heavy atom. The number of aromatic nitrogens is 4. The molecule has 0 aliphatic carbocycles. The molecule has 0 bridgehead atoms. The predicted octanol–water partition coefficient (Wildman–Crippen LogP) is 1.92. The summed E-state index contributed by atoms with van der Waals surface area (Å²) >= 11 is 0. The Balaban J connectivity index is 1.87. The van der Waals surface area contributed by atoms with E-state index in [0.717, 1.165) is 32.0 Å². The lowest BCUT2D eigenvalue weighted by Gasteiger charge is -2.32. The van der Waals surface area contributed by atoms with E-state index in [4.69, 9.17) is 0 Å². The summed E-state index contributed by atoms with van der Waals surface area (Å²) in [5.74, 6) is 0.779. The van der Waals surface area contributed by atoms with Gasteiger partial charge in [0.1, 0.15) is 12.1 Å². The Morgan fingerprint density at radius 2 is 2.00 bits per heavy atom. The molecule has 3 rings (SSSR count). The van der Waals surface area contributed by atoms with Crippen LogP contribution in [0, 0.1) is 5.92 Å². The van der Waals surface area contributed by atoms with Gasteiger partial charge in [0.25, 0.3) is 5.78 Å². The Hall–Kier alpha value is -1.90. The molecule has 0 aromatic carbocycles. The molecule has 1 aliphatic heterocycles. The molecule has 1 aliphatic rings. The van der Waals surface area contributed by atoms with E-state index in [-0.39, 0.29) is 5.78 Å². The summed E-state index contributed by atoms with van der Waals surface area (Å²) in [6.07, 6.45) is -1.21. The molecule has 0 radical (unpaired) electrons. The van der Waals surface area contributed by atoms with Gasteiger partial charge >= 0.3 is 6.18 Å². The van der Waals surface area contributed by atoms with Crippen molar-refractivity contribution in [2.45, 2.75) is 19.0 Å². The second-order valence-electron chi connectivity index (χ2n) is 6.10. The molecule has 0 spiro atoms. The first-order chi connectivity index (χ1) is 10.8. The van der Waals surface area contributed by atoms with Crippen molar-refractivity contribution in [2.24, 2.45) is 5.92 Å². The Bertz CT molecular complexity index is 675. The quantitative estimate of drug-likeness (QED) is 0.862. The van der Waals surface area contributed by atoms with Crippen LogP contribution in [0.2, 0.25) is 0 Å². The van der Waals surface area contributed by atoms with Crippen LogP contribution >= 0.6 is 0 Å². The standard InChI is InChI=1S/C14H19F3N6/c1-21-5-3-10(4-6-21)8-22(2)12-7-11(14(15,16)17)20-13-18-9-19-23(12)13/h7,9-10H,3-6,8H2,1-2H3. The summed E-state index contributed by atoms with van der Waals surface area (Å²) < 4.78 is 40.4. The van der Waals surface area contributed by atoms with Crippen molar-refractivity contribution in [1.29, 1.82) is 0 Å². The van der Waals surface area contributed by atoms with Crippen LogP contribution in [0.15, 0.2) is 12.4 Å². The van der Waals surface area contributed by atoms with Gasteiger partial charge in [-0.15, -0.1) is 0 Å². The molecular formula is C14H19F3N6. The molecule has 126 valence electrons. The van der Waals surface area contributed by atoms with Gasteiger partial charge in [-0.25, -0.2) is 4.98 Å². The van der Waals surface area contributed by atoms with Crippen LogP contribution in [0.3, 0.4) is 0 Å². The maximum Gasteiger partial charge on any atom is 0.433 e. The van der Waals surface area contributed by atoms with E-state index in [1.807, 2.05) is 4.90 Å². The zero-order valence-electron chi connectivity index (χ0n) is 13.1. The SMILES string of the molecule is CN1CCC(CN(C)c2cc(C(F)(F)F)nc3ncnn23)CC1. The molecule has 1 fully saturated rings. The van der Waals surface area contributed by atoms with Gasteiger partial charge in [0.2, 0.25) is 0 Å². The molecule has 1 saturated heterocycles. The van der Waals surface area contributed by atoms with Crippen LogP contribution in [0.1, 0.15) is 18.5 Å². The minimum absolute atomic E-state index is 0.0370. The Morgan fingerprint density at radius 3 is 2.65 bits per heavy atom. The van der Waals surface area contributed by atoms with Crippen LogP contribution in [-0.2, 0) is 6.18 Å². The number of alkyl halides is 3. The van der Waals surface area contributed by atoms with Gasteiger partial charge in [-0.3, -0.25) is 0 Å². The maximum atomic E-state index is 13.0. The molecule has 9 heteroatoms. The topological polar surface area (TPSA) is 49.6 Å². The summed E-state index contributed by atoms with van der Waals surface area (Å²) in [6.45, 7) is 2.72. The van der Waals surface area contributed by atoms with E-state index in [1.165, 1.54) is 10.8 Å². The Labute approximate surface area is 131 Å². The molecule has 23 heavy (non-hydrogen) atoms. The van der Waals surface area contributed by atoms with Crippen LogP contribution < -0.4 is 4.90 Å². The van der Waals surface area contributed by atoms with Crippen LogP contribution in [-0.4, -0.2) is 58.2 Å². The van der Waals surface area contributed by atoms with E-state index in [1.54, 1.807) is 7.05 Å². The number of halogens is 3. The van der Waals surface area contributed by atoms with Crippen molar-refractivity contribution in [1.82, 2.24) is 24.5 Å². The largest absolute Gasteiger partial charge is 0.433 e. The van der Waals surface area contributed by atoms with E-state index >= 15 is 0 Å². The zero-order chi connectivity index (χ0) is 16.6. The molecule has 0 atom stereocenters. The van der Waals surface area contributed by atoms with Gasteiger partial charge < -0.3 is 9.80 Å². The zero-order valence-corrected chi connectivity index (χ0v) is 13.1. The third-order valence-corrected chi connectivity index (χ3v) is 4.28. The first-order valence-electron chi connectivity index (χ1n) is 7.52. The fraction of sp³-hybridized carbons (Fsp3) is 0.643. The van der Waals surface area contributed by atoms with Crippen molar-refractivity contribution in [3.05, 3.63) is 18.1 Å². The monoisotopic (exact) mass is 328 g/mol. The molecular weight excluding hydrogens is 309 g/mol. The van der Waals surface area contributed by atoms with Crippen molar-refractivity contribution in [3.63, 3.8) is 0 Å². The highest BCUT2D eigenvalue weighted by Crippen LogP contribution is 2.30. The van der Waals surface area contributed by atoms with E-state index in [2.05, 4.69) is 27.0 Å². The van der Waals surface area contributed by atoms with Crippen molar-refractivity contribution >= 4 is 11.6 Å². The fourth-order valence-electron chi connectivity index (χ4n) is 2.94. The average molecular weight is 328 g/mol. The number of hydrogen-bond acceptors (Lipinski definition) is 5. The summed E-state index contributed by atoms with van der Waals surface area (Å²) in [6, 6.07) is 1.04. The van der Waals surface area contributed by atoms with Crippen molar-refractivity contribution in [2.75, 3.05) is 38.6 Å². The lowest BCUT2D eigenvalue weighted by Crippen LogP contribution is -2.36. The van der Waals surface area contributed by atoms with Crippen LogP contribution in [0.4, 0.5) is 19.0 Å². The summed E-state index contributed by atoms with van der Waals surface area (Å²) in [7, 11) is 3.87. The van der Waals surface area contributed by atoms with Crippen molar-refractivity contribution < 1.29 is 13.2 Å². The molecule has 2 aromatic rings. The number of likely N-dealkylation sites (tertiary alicyclic amines) is 1. The second-order valence-corrected chi connectivity index (χ2v) is 6.10. The highest BCUT2D eigenvalue weighted by Gasteiger charge is 2.34. The number of hydrogen-bond donors (Lipinski definition) is 0. The van der Waals surface area contributed by atoms with E-state index < -0.39 is 11.9 Å². The van der Waals surface area contributed by atoms with Gasteiger partial charge in [0.05, 0.1) is 0 Å². The highest BCUT2D eigenvalue weighted by atomic mass is 19.4. The van der Waals surface area contributed by atoms with Crippen LogP contribution in [0.25, 0.3) is 5.78 Å². The molecule has 0 unspecified atom stereocenters. The number of nitrogens with zero attached hydrogens (tertiary/aromatic N) is 6. The number of rotatable bonds is 3. The third kappa shape index (κ3) is 3.39. The average Bonchev–Trinajstić information content (AvgIpc) is 2.96.